The van der Waals surface area contributed by atoms with Gasteiger partial charge in [0.25, 0.3) is 5.91 Å². The third-order valence-electron chi connectivity index (χ3n) is 6.94. The molecule has 8 heteroatoms. The van der Waals surface area contributed by atoms with E-state index in [0.717, 1.165) is 33.3 Å². The monoisotopic (exact) mass is 624 g/mol. The van der Waals surface area contributed by atoms with Crippen molar-refractivity contribution in [3.8, 4) is 11.5 Å². The normalized spacial score (nSPS) is 15.0. The molecule has 43 heavy (non-hydrogen) atoms. The van der Waals surface area contributed by atoms with Crippen LogP contribution in [-0.4, -0.2) is 23.1 Å². The standard InChI is InChI=1S/C35H26Cl2N2O3S/c1-41-28-16-14-23(15-17-28)21-39-34(40)32(43-35(39)38-27-11-3-2-4-12-27)20-24-18-30(36)33(31(37)19-24)42-22-26-10-7-9-25-8-5-6-13-29(25)26/h2-20H,21-22H2,1H3/b32-20-,38-35?. The Labute approximate surface area is 264 Å². The number of para-hydroxylation sites is 1. The lowest BCUT2D eigenvalue weighted by Crippen LogP contribution is -2.28. The van der Waals surface area contributed by atoms with Crippen LogP contribution >= 0.6 is 35.0 Å². The molecule has 0 unspecified atom stereocenters. The van der Waals surface area contributed by atoms with Crippen LogP contribution in [0.3, 0.4) is 0 Å². The highest BCUT2D eigenvalue weighted by molar-refractivity contribution is 8.18. The summed E-state index contributed by atoms with van der Waals surface area (Å²) in [7, 11) is 1.62. The number of thioether (sulfide) groups is 1. The first-order valence-corrected chi connectivity index (χ1v) is 15.1. The summed E-state index contributed by atoms with van der Waals surface area (Å²) < 4.78 is 11.4. The van der Waals surface area contributed by atoms with Gasteiger partial charge in [0.15, 0.2) is 10.9 Å². The topological polar surface area (TPSA) is 51.1 Å². The summed E-state index contributed by atoms with van der Waals surface area (Å²) >= 11 is 14.6. The van der Waals surface area contributed by atoms with E-state index in [-0.39, 0.29) is 5.91 Å². The summed E-state index contributed by atoms with van der Waals surface area (Å²) in [6, 6.07) is 35.0. The summed E-state index contributed by atoms with van der Waals surface area (Å²) in [6.45, 7) is 0.677. The number of nitrogens with zero attached hydrogens (tertiary/aromatic N) is 2. The molecule has 5 aromatic carbocycles. The van der Waals surface area contributed by atoms with E-state index >= 15 is 0 Å². The highest BCUT2D eigenvalue weighted by Gasteiger charge is 2.33. The summed E-state index contributed by atoms with van der Waals surface area (Å²) in [5, 5.41) is 3.57. The predicted octanol–water partition coefficient (Wildman–Crippen LogP) is 9.54. The Morgan fingerprint density at radius 2 is 1.56 bits per heavy atom. The van der Waals surface area contributed by atoms with Gasteiger partial charge in [-0.3, -0.25) is 9.69 Å². The number of aliphatic imine (C=N–C) groups is 1. The number of methoxy groups -OCH3 is 1. The van der Waals surface area contributed by atoms with Gasteiger partial charge < -0.3 is 9.47 Å². The van der Waals surface area contributed by atoms with E-state index in [4.69, 9.17) is 37.7 Å². The number of amidine groups is 1. The van der Waals surface area contributed by atoms with Crippen molar-refractivity contribution in [1.82, 2.24) is 4.90 Å². The molecule has 1 saturated heterocycles. The van der Waals surface area contributed by atoms with Gasteiger partial charge in [-0.2, -0.15) is 0 Å². The van der Waals surface area contributed by atoms with Crippen LogP contribution in [0.15, 0.2) is 119 Å². The van der Waals surface area contributed by atoms with E-state index in [1.807, 2.05) is 78.9 Å². The number of hydrogen-bond donors (Lipinski definition) is 0. The highest BCUT2D eigenvalue weighted by Crippen LogP contribution is 2.39. The zero-order valence-corrected chi connectivity index (χ0v) is 25.5. The number of rotatable bonds is 8. The number of carbonyl (C=O) groups excluding carboxylic acids is 1. The molecule has 1 amide bonds. The fourth-order valence-electron chi connectivity index (χ4n) is 4.78. The van der Waals surface area contributed by atoms with Gasteiger partial charge in [-0.25, -0.2) is 4.99 Å². The molecule has 0 radical (unpaired) electrons. The second kappa shape index (κ2) is 13.0. The fourth-order valence-corrected chi connectivity index (χ4v) is 6.39. The molecule has 1 fully saturated rings. The first kappa shape index (κ1) is 28.9. The van der Waals surface area contributed by atoms with Gasteiger partial charge in [0.05, 0.1) is 34.3 Å². The molecule has 0 saturated carbocycles. The Hall–Kier alpha value is -4.23. The summed E-state index contributed by atoms with van der Waals surface area (Å²) in [5.74, 6) is 0.998. The lowest BCUT2D eigenvalue weighted by atomic mass is 10.1. The molecular formula is C35H26Cl2N2O3S. The van der Waals surface area contributed by atoms with Crippen LogP contribution in [0.4, 0.5) is 5.69 Å². The third kappa shape index (κ3) is 6.57. The van der Waals surface area contributed by atoms with Crippen LogP contribution in [0.1, 0.15) is 16.7 Å². The number of carbonyl (C=O) groups is 1. The number of fused-ring (bicyclic) bond motifs is 1. The molecule has 0 bridgehead atoms. The lowest BCUT2D eigenvalue weighted by Gasteiger charge is -2.16. The minimum absolute atomic E-state index is 0.154. The highest BCUT2D eigenvalue weighted by atomic mass is 35.5. The van der Waals surface area contributed by atoms with Crippen LogP contribution in [0.5, 0.6) is 11.5 Å². The first-order valence-electron chi connectivity index (χ1n) is 13.5. The summed E-state index contributed by atoms with van der Waals surface area (Å²) in [4.78, 5) is 20.7. The summed E-state index contributed by atoms with van der Waals surface area (Å²) in [5.41, 5.74) is 3.44. The average Bonchev–Trinajstić information content (AvgIpc) is 3.30. The molecule has 0 aromatic heterocycles. The van der Waals surface area contributed by atoms with Crippen molar-refractivity contribution in [3.63, 3.8) is 0 Å². The van der Waals surface area contributed by atoms with Crippen molar-refractivity contribution in [2.75, 3.05) is 7.11 Å². The number of ether oxygens (including phenoxy) is 2. The van der Waals surface area contributed by atoms with Crippen molar-refractivity contribution < 1.29 is 14.3 Å². The van der Waals surface area contributed by atoms with Gasteiger partial charge >= 0.3 is 0 Å². The second-order valence-corrected chi connectivity index (χ2v) is 11.6. The van der Waals surface area contributed by atoms with E-state index in [1.165, 1.54) is 11.8 Å². The van der Waals surface area contributed by atoms with Crippen molar-refractivity contribution >= 4 is 68.6 Å². The molecule has 0 spiro atoms. The lowest BCUT2D eigenvalue weighted by molar-refractivity contribution is -0.122. The minimum Gasteiger partial charge on any atom is -0.497 e. The number of halogens is 2. The Bertz CT molecular complexity index is 1830. The quantitative estimate of drug-likeness (QED) is 0.161. The molecule has 6 rings (SSSR count). The van der Waals surface area contributed by atoms with E-state index < -0.39 is 0 Å². The molecule has 1 heterocycles. The molecule has 5 aromatic rings. The maximum Gasteiger partial charge on any atom is 0.267 e. The Kier molecular flexibility index (Phi) is 8.70. The molecule has 0 atom stereocenters. The third-order valence-corrected chi connectivity index (χ3v) is 8.51. The van der Waals surface area contributed by atoms with Crippen LogP contribution in [-0.2, 0) is 17.9 Å². The Balaban J connectivity index is 1.26. The van der Waals surface area contributed by atoms with Crippen LogP contribution < -0.4 is 9.47 Å². The molecule has 1 aliphatic rings. The van der Waals surface area contributed by atoms with Gasteiger partial charge in [-0.1, -0.05) is 96.0 Å². The molecule has 1 aliphatic heterocycles. The second-order valence-electron chi connectivity index (χ2n) is 9.82. The molecule has 214 valence electrons. The minimum atomic E-state index is -0.154. The largest absolute Gasteiger partial charge is 0.497 e. The predicted molar refractivity (Wildman–Crippen MR) is 177 cm³/mol. The number of hydrogen-bond acceptors (Lipinski definition) is 5. The molecule has 5 nitrogen and oxygen atoms in total. The maximum absolute atomic E-state index is 13.7. The van der Waals surface area contributed by atoms with Crippen LogP contribution in [0.2, 0.25) is 10.0 Å². The number of benzene rings is 5. The molecule has 0 aliphatic carbocycles. The zero-order valence-electron chi connectivity index (χ0n) is 23.2. The van der Waals surface area contributed by atoms with Gasteiger partial charge in [0.2, 0.25) is 0 Å². The van der Waals surface area contributed by atoms with Crippen molar-refractivity contribution in [2.24, 2.45) is 4.99 Å². The maximum atomic E-state index is 13.7. The smallest absolute Gasteiger partial charge is 0.267 e. The van der Waals surface area contributed by atoms with Gasteiger partial charge in [-0.15, -0.1) is 0 Å². The average molecular weight is 626 g/mol. The van der Waals surface area contributed by atoms with Crippen molar-refractivity contribution in [1.29, 1.82) is 0 Å². The van der Waals surface area contributed by atoms with E-state index in [9.17, 15) is 4.79 Å². The van der Waals surface area contributed by atoms with Gasteiger partial charge in [0.1, 0.15) is 12.4 Å². The van der Waals surface area contributed by atoms with E-state index in [2.05, 4.69) is 18.2 Å². The molecule has 0 N–H and O–H groups in total. The van der Waals surface area contributed by atoms with Gasteiger partial charge in [0, 0.05) is 0 Å². The number of amides is 1. The fraction of sp³-hybridized carbons (Fsp3) is 0.0857. The van der Waals surface area contributed by atoms with Crippen molar-refractivity contribution in [2.45, 2.75) is 13.2 Å². The first-order chi connectivity index (χ1) is 21.0. The summed E-state index contributed by atoms with van der Waals surface area (Å²) in [6.07, 6.45) is 1.79. The molecular weight excluding hydrogens is 599 g/mol. The zero-order chi connectivity index (χ0) is 29.8. The van der Waals surface area contributed by atoms with Crippen molar-refractivity contribution in [3.05, 3.63) is 141 Å². The van der Waals surface area contributed by atoms with E-state index in [0.29, 0.717) is 44.6 Å². The SMILES string of the molecule is COc1ccc(CN2C(=O)/C(=C/c3cc(Cl)c(OCc4cccc5ccccc45)c(Cl)c3)SC2=Nc2ccccc2)cc1. The van der Waals surface area contributed by atoms with E-state index in [1.54, 1.807) is 30.2 Å². The Morgan fingerprint density at radius 1 is 0.860 bits per heavy atom. The van der Waals surface area contributed by atoms with Crippen LogP contribution in [0.25, 0.3) is 16.8 Å². The van der Waals surface area contributed by atoms with Crippen LogP contribution in [0, 0.1) is 0 Å². The Morgan fingerprint density at radius 3 is 2.30 bits per heavy atom. The van der Waals surface area contributed by atoms with Gasteiger partial charge in [-0.05, 0) is 81.7 Å².